The van der Waals surface area contributed by atoms with Crippen LogP contribution in [-0.2, 0) is 16.0 Å². The molecule has 4 nitrogen and oxygen atoms in total. The summed E-state index contributed by atoms with van der Waals surface area (Å²) in [5.74, 6) is 0.268. The van der Waals surface area contributed by atoms with Crippen molar-refractivity contribution in [2.45, 2.75) is 39.7 Å². The van der Waals surface area contributed by atoms with Crippen LogP contribution in [0.3, 0.4) is 0 Å². The minimum atomic E-state index is -0.483. The van der Waals surface area contributed by atoms with E-state index in [1.165, 1.54) is 0 Å². The van der Waals surface area contributed by atoms with Gasteiger partial charge < -0.3 is 9.47 Å². The fraction of sp³-hybridized carbons (Fsp3) is 0.538. The summed E-state index contributed by atoms with van der Waals surface area (Å²) in [5, 5.41) is 0. The van der Waals surface area contributed by atoms with E-state index in [9.17, 15) is 4.79 Å². The smallest absolute Gasteiger partial charge is 0.344 e. The fourth-order valence-corrected chi connectivity index (χ4v) is 1.33. The molecule has 0 atom stereocenters. The average Bonchev–Trinajstić information content (AvgIpc) is 2.24. The van der Waals surface area contributed by atoms with E-state index >= 15 is 0 Å². The maximum Gasteiger partial charge on any atom is 0.344 e. The molecule has 0 saturated heterocycles. The maximum absolute atomic E-state index is 11.5. The molecular formula is C13H19NO3. The molecule has 0 aliphatic carbocycles. The molecule has 94 valence electrons. The predicted octanol–water partition coefficient (Wildman–Crippen LogP) is 2.36. The van der Waals surface area contributed by atoms with Crippen LogP contribution in [0.1, 0.15) is 33.4 Å². The number of carbonyl (C=O) groups is 1. The first-order valence-electron chi connectivity index (χ1n) is 5.71. The SMILES string of the molecule is CCc1ncccc1OCC(=O)OC(C)(C)C. The Bertz CT molecular complexity index is 382. The summed E-state index contributed by atoms with van der Waals surface area (Å²) in [7, 11) is 0. The monoisotopic (exact) mass is 237 g/mol. The Kier molecular flexibility index (Phi) is 4.49. The number of nitrogens with zero attached hydrogens (tertiary/aromatic N) is 1. The van der Waals surface area contributed by atoms with Crippen molar-refractivity contribution >= 4 is 5.97 Å². The van der Waals surface area contributed by atoms with Crippen LogP contribution in [0, 0.1) is 0 Å². The second-order valence-corrected chi connectivity index (χ2v) is 4.68. The molecule has 1 aromatic heterocycles. The second kappa shape index (κ2) is 5.66. The number of ether oxygens (including phenoxy) is 2. The Morgan fingerprint density at radius 3 is 2.71 bits per heavy atom. The third kappa shape index (κ3) is 4.85. The quantitative estimate of drug-likeness (QED) is 0.754. The Balaban J connectivity index is 2.53. The van der Waals surface area contributed by atoms with Gasteiger partial charge in [0.2, 0.25) is 0 Å². The highest BCUT2D eigenvalue weighted by Crippen LogP contribution is 2.16. The van der Waals surface area contributed by atoms with Gasteiger partial charge in [-0.3, -0.25) is 4.98 Å². The molecule has 4 heteroatoms. The van der Waals surface area contributed by atoms with E-state index in [0.29, 0.717) is 5.75 Å². The summed E-state index contributed by atoms with van der Waals surface area (Å²) in [6, 6.07) is 3.58. The lowest BCUT2D eigenvalue weighted by atomic mass is 10.2. The van der Waals surface area contributed by atoms with Gasteiger partial charge in [0.05, 0.1) is 5.69 Å². The molecule has 1 heterocycles. The highest BCUT2D eigenvalue weighted by Gasteiger charge is 2.16. The molecule has 0 aliphatic rings. The number of aryl methyl sites for hydroxylation is 1. The number of esters is 1. The van der Waals surface area contributed by atoms with E-state index in [2.05, 4.69) is 4.98 Å². The van der Waals surface area contributed by atoms with Crippen molar-refractivity contribution in [3.63, 3.8) is 0 Å². The van der Waals surface area contributed by atoms with Gasteiger partial charge in [0, 0.05) is 6.20 Å². The molecule has 0 spiro atoms. The minimum absolute atomic E-state index is 0.0873. The largest absolute Gasteiger partial charge is 0.480 e. The van der Waals surface area contributed by atoms with Crippen LogP contribution >= 0.6 is 0 Å². The summed E-state index contributed by atoms with van der Waals surface area (Å²) in [6.45, 7) is 7.38. The maximum atomic E-state index is 11.5. The second-order valence-electron chi connectivity index (χ2n) is 4.68. The molecule has 17 heavy (non-hydrogen) atoms. The van der Waals surface area contributed by atoms with E-state index in [0.717, 1.165) is 12.1 Å². The van der Waals surface area contributed by atoms with Crippen LogP contribution in [-0.4, -0.2) is 23.2 Å². The van der Waals surface area contributed by atoms with E-state index in [1.807, 2.05) is 27.7 Å². The zero-order valence-corrected chi connectivity index (χ0v) is 10.8. The number of pyridine rings is 1. The van der Waals surface area contributed by atoms with Crippen LogP contribution < -0.4 is 4.74 Å². The highest BCUT2D eigenvalue weighted by molar-refractivity contribution is 5.71. The van der Waals surface area contributed by atoms with Gasteiger partial charge in [0.1, 0.15) is 11.4 Å². The van der Waals surface area contributed by atoms with Gasteiger partial charge in [0.25, 0.3) is 0 Å². The number of aromatic nitrogens is 1. The van der Waals surface area contributed by atoms with Crippen LogP contribution in [0.2, 0.25) is 0 Å². The molecule has 1 aromatic rings. The lowest BCUT2D eigenvalue weighted by Crippen LogP contribution is -2.27. The lowest BCUT2D eigenvalue weighted by Gasteiger charge is -2.19. The summed E-state index contributed by atoms with van der Waals surface area (Å²) >= 11 is 0. The Hall–Kier alpha value is -1.58. The molecule has 0 aromatic carbocycles. The summed E-state index contributed by atoms with van der Waals surface area (Å²) in [6.07, 6.45) is 2.48. The van der Waals surface area contributed by atoms with Gasteiger partial charge >= 0.3 is 5.97 Å². The number of hydrogen-bond acceptors (Lipinski definition) is 4. The Morgan fingerprint density at radius 2 is 2.12 bits per heavy atom. The normalized spacial score (nSPS) is 11.1. The lowest BCUT2D eigenvalue weighted by molar-refractivity contribution is -0.157. The van der Waals surface area contributed by atoms with Crippen molar-refractivity contribution in [3.8, 4) is 5.75 Å². The number of rotatable bonds is 4. The van der Waals surface area contributed by atoms with E-state index in [-0.39, 0.29) is 12.6 Å². The molecular weight excluding hydrogens is 218 g/mol. The Morgan fingerprint density at radius 1 is 1.41 bits per heavy atom. The first kappa shape index (κ1) is 13.5. The molecule has 0 amide bonds. The standard InChI is InChI=1S/C13H19NO3/c1-5-10-11(7-6-8-14-10)16-9-12(15)17-13(2,3)4/h6-8H,5,9H2,1-4H3. The van der Waals surface area contributed by atoms with Crippen molar-refractivity contribution in [2.75, 3.05) is 6.61 Å². The molecule has 0 aliphatic heterocycles. The van der Waals surface area contributed by atoms with Crippen molar-refractivity contribution in [3.05, 3.63) is 24.0 Å². The third-order valence-corrected chi connectivity index (χ3v) is 1.95. The molecule has 0 bridgehead atoms. The van der Waals surface area contributed by atoms with Crippen LogP contribution in [0.15, 0.2) is 18.3 Å². The topological polar surface area (TPSA) is 48.4 Å². The van der Waals surface area contributed by atoms with Gasteiger partial charge in [-0.25, -0.2) is 4.79 Å². The minimum Gasteiger partial charge on any atom is -0.480 e. The zero-order chi connectivity index (χ0) is 12.9. The van der Waals surface area contributed by atoms with Crippen LogP contribution in [0.4, 0.5) is 0 Å². The molecule has 1 rings (SSSR count). The third-order valence-electron chi connectivity index (χ3n) is 1.95. The first-order chi connectivity index (χ1) is 7.92. The average molecular weight is 237 g/mol. The van der Waals surface area contributed by atoms with E-state index in [4.69, 9.17) is 9.47 Å². The zero-order valence-electron chi connectivity index (χ0n) is 10.8. The summed E-state index contributed by atoms with van der Waals surface area (Å²) < 4.78 is 10.5. The first-order valence-corrected chi connectivity index (χ1v) is 5.71. The number of hydrogen-bond donors (Lipinski definition) is 0. The van der Waals surface area contributed by atoms with E-state index < -0.39 is 5.60 Å². The molecule has 0 unspecified atom stereocenters. The van der Waals surface area contributed by atoms with Gasteiger partial charge in [0.15, 0.2) is 6.61 Å². The summed E-state index contributed by atoms with van der Waals surface area (Å²) in [4.78, 5) is 15.6. The highest BCUT2D eigenvalue weighted by atomic mass is 16.6. The van der Waals surface area contributed by atoms with Gasteiger partial charge in [-0.15, -0.1) is 0 Å². The van der Waals surface area contributed by atoms with Crippen LogP contribution in [0.5, 0.6) is 5.75 Å². The van der Waals surface area contributed by atoms with Gasteiger partial charge in [-0.1, -0.05) is 6.92 Å². The van der Waals surface area contributed by atoms with Crippen LogP contribution in [0.25, 0.3) is 0 Å². The van der Waals surface area contributed by atoms with E-state index in [1.54, 1.807) is 18.3 Å². The number of carbonyl (C=O) groups excluding carboxylic acids is 1. The predicted molar refractivity (Wildman–Crippen MR) is 65.0 cm³/mol. The van der Waals surface area contributed by atoms with Gasteiger partial charge in [-0.2, -0.15) is 0 Å². The summed E-state index contributed by atoms with van der Waals surface area (Å²) in [5.41, 5.74) is 0.360. The molecule has 0 N–H and O–H groups in total. The molecule has 0 saturated carbocycles. The van der Waals surface area contributed by atoms with Crippen molar-refractivity contribution < 1.29 is 14.3 Å². The fourth-order valence-electron chi connectivity index (χ4n) is 1.33. The molecule has 0 fully saturated rings. The van der Waals surface area contributed by atoms with Crippen molar-refractivity contribution in [2.24, 2.45) is 0 Å². The van der Waals surface area contributed by atoms with Crippen molar-refractivity contribution in [1.29, 1.82) is 0 Å². The Labute approximate surface area is 102 Å². The van der Waals surface area contributed by atoms with Crippen molar-refractivity contribution in [1.82, 2.24) is 4.98 Å². The van der Waals surface area contributed by atoms with Gasteiger partial charge in [-0.05, 0) is 39.3 Å². The molecule has 0 radical (unpaired) electrons.